The summed E-state index contributed by atoms with van der Waals surface area (Å²) in [5.41, 5.74) is 2.75. The zero-order valence-corrected chi connectivity index (χ0v) is 35.1. The van der Waals surface area contributed by atoms with E-state index >= 15 is 0 Å². The molecule has 15 nitrogen and oxygen atoms in total. The summed E-state index contributed by atoms with van der Waals surface area (Å²) in [6.07, 6.45) is 7.62. The molecule has 6 heterocycles. The maximum Gasteiger partial charge on any atom is 0.272 e. The summed E-state index contributed by atoms with van der Waals surface area (Å²) in [5.74, 6) is -0.733. The molecule has 1 atom stereocenters. The zero-order valence-electron chi connectivity index (χ0n) is 34.3. The van der Waals surface area contributed by atoms with Crippen molar-refractivity contribution < 1.29 is 28.7 Å². The van der Waals surface area contributed by atoms with E-state index < -0.39 is 23.8 Å². The number of hydrogen-bond donors (Lipinski definition) is 2. The van der Waals surface area contributed by atoms with Gasteiger partial charge in [-0.2, -0.15) is 5.26 Å². The molecule has 1 spiro atoms. The van der Waals surface area contributed by atoms with Crippen molar-refractivity contribution in [1.29, 1.82) is 5.26 Å². The van der Waals surface area contributed by atoms with Crippen LogP contribution >= 0.6 is 11.6 Å². The van der Waals surface area contributed by atoms with Crippen LogP contribution < -0.4 is 25.2 Å². The summed E-state index contributed by atoms with van der Waals surface area (Å²) in [5, 5.41) is 23.6. The summed E-state index contributed by atoms with van der Waals surface area (Å²) in [6.45, 7) is 9.10. The quantitative estimate of drug-likeness (QED) is 0.283. The third-order valence-electron chi connectivity index (χ3n) is 13.9. The lowest BCUT2D eigenvalue weighted by atomic mass is 9.70. The van der Waals surface area contributed by atoms with Gasteiger partial charge >= 0.3 is 0 Å². The summed E-state index contributed by atoms with van der Waals surface area (Å²) in [7, 11) is 0. The molecule has 9 rings (SSSR count). The van der Waals surface area contributed by atoms with Crippen molar-refractivity contribution in [3.8, 4) is 11.8 Å². The number of carbonyl (C=O) groups excluding carboxylic acids is 5. The number of piperidine rings is 3. The molecule has 1 unspecified atom stereocenters. The van der Waals surface area contributed by atoms with Gasteiger partial charge in [-0.3, -0.25) is 34.2 Å². The summed E-state index contributed by atoms with van der Waals surface area (Å²) in [4.78, 5) is 71.9. The Hall–Kier alpha value is -5.59. The minimum absolute atomic E-state index is 0.0221. The Balaban J connectivity index is 0.696. The lowest BCUT2D eigenvalue weighted by Crippen LogP contribution is -2.62. The van der Waals surface area contributed by atoms with Crippen LogP contribution in [0.15, 0.2) is 48.5 Å². The lowest BCUT2D eigenvalue weighted by Gasteiger charge is -2.56. The number of halogens is 1. The average Bonchev–Trinajstić information content (AvgIpc) is 3.49. The van der Waals surface area contributed by atoms with Crippen molar-refractivity contribution in [2.24, 2.45) is 10.8 Å². The molecule has 4 saturated heterocycles. The first-order chi connectivity index (χ1) is 29.4. The smallest absolute Gasteiger partial charge is 0.272 e. The molecule has 5 fully saturated rings. The standard InChI is InChI=1S/C45H50ClN9O6/c1-44(14-18-54(19-15-44)38-12-10-36(50-51-38)40(57)48-29-3-7-31(8-4-29)61-32-6-2-28(24-47)35(46)23-32)25-52-26-45(27-52)16-20-53(21-17-45)30-5-9-33-34(22-30)43(60)55(42(33)59)37-11-13-39(56)49-41(37)58/h2,5-6,9-10,12,22-23,29,31,37H,3-4,7-8,11,13-21,25-27H2,1H3,(H,48,57)(H,49,56,58). The number of imide groups is 2. The number of fused-ring (bicyclic) bond motifs is 1. The van der Waals surface area contributed by atoms with Crippen molar-refractivity contribution in [3.63, 3.8) is 0 Å². The van der Waals surface area contributed by atoms with Gasteiger partial charge < -0.3 is 24.8 Å². The first-order valence-corrected chi connectivity index (χ1v) is 21.8. The number of aromatic nitrogens is 2. The molecule has 3 aromatic rings. The van der Waals surface area contributed by atoms with Crippen LogP contribution in [0, 0.1) is 22.2 Å². The Bertz CT molecular complexity index is 2280. The van der Waals surface area contributed by atoms with Gasteiger partial charge in [-0.15, -0.1) is 10.2 Å². The van der Waals surface area contributed by atoms with Crippen molar-refractivity contribution in [2.75, 3.05) is 55.6 Å². The monoisotopic (exact) mass is 847 g/mol. The Morgan fingerprint density at radius 1 is 0.885 bits per heavy atom. The third kappa shape index (κ3) is 8.27. The fourth-order valence-electron chi connectivity index (χ4n) is 10.3. The molecular formula is C45H50ClN9O6. The minimum Gasteiger partial charge on any atom is -0.490 e. The minimum atomic E-state index is -0.969. The largest absolute Gasteiger partial charge is 0.490 e. The van der Waals surface area contributed by atoms with Gasteiger partial charge in [0.25, 0.3) is 17.7 Å². The van der Waals surface area contributed by atoms with Crippen molar-refractivity contribution in [2.45, 2.75) is 89.3 Å². The van der Waals surface area contributed by atoms with Gasteiger partial charge in [0.15, 0.2) is 11.5 Å². The van der Waals surface area contributed by atoms with Crippen molar-refractivity contribution in [1.82, 2.24) is 30.6 Å². The number of hydrogen-bond acceptors (Lipinski definition) is 12. The number of nitriles is 1. The van der Waals surface area contributed by atoms with E-state index in [1.807, 2.05) is 12.1 Å². The molecule has 6 aliphatic rings. The van der Waals surface area contributed by atoms with Crippen LogP contribution in [0.3, 0.4) is 0 Å². The SMILES string of the molecule is CC1(CN2CC3(CCN(c4ccc5c(c4)C(=O)N(C4CCC(=O)NC4=O)C5=O)CC3)C2)CCN(c2ccc(C(=O)NC3CCC(Oc4ccc(C#N)c(Cl)c4)CC3)nn2)CC1. The number of benzene rings is 2. The Morgan fingerprint density at radius 2 is 1.61 bits per heavy atom. The van der Waals surface area contributed by atoms with Gasteiger partial charge in [0, 0.05) is 70.0 Å². The average molecular weight is 848 g/mol. The number of nitrogens with zero attached hydrogens (tertiary/aromatic N) is 7. The molecule has 1 aromatic heterocycles. The summed E-state index contributed by atoms with van der Waals surface area (Å²) < 4.78 is 6.09. The van der Waals surface area contributed by atoms with E-state index in [-0.39, 0.29) is 42.2 Å². The predicted octanol–water partition coefficient (Wildman–Crippen LogP) is 4.73. The molecule has 318 valence electrons. The predicted molar refractivity (Wildman–Crippen MR) is 225 cm³/mol. The van der Waals surface area contributed by atoms with E-state index in [9.17, 15) is 24.0 Å². The van der Waals surface area contributed by atoms with Crippen molar-refractivity contribution >= 4 is 52.6 Å². The fourth-order valence-corrected chi connectivity index (χ4v) is 10.5. The number of nitrogens with one attached hydrogen (secondary N) is 2. The second-order valence-corrected chi connectivity index (χ2v) is 18.6. The molecule has 61 heavy (non-hydrogen) atoms. The number of likely N-dealkylation sites (tertiary alicyclic amines) is 1. The molecule has 5 aliphatic heterocycles. The molecule has 2 N–H and O–H groups in total. The second-order valence-electron chi connectivity index (χ2n) is 18.2. The normalized spacial score (nSPS) is 24.8. The van der Waals surface area contributed by atoms with E-state index in [0.29, 0.717) is 38.6 Å². The van der Waals surface area contributed by atoms with E-state index in [2.05, 4.69) is 48.5 Å². The Labute approximate surface area is 359 Å². The highest BCUT2D eigenvalue weighted by Gasteiger charge is 2.48. The zero-order chi connectivity index (χ0) is 42.5. The number of carbonyl (C=O) groups is 5. The number of ether oxygens (including phenoxy) is 1. The van der Waals surface area contributed by atoms with Crippen LogP contribution in [0.4, 0.5) is 11.5 Å². The van der Waals surface area contributed by atoms with Gasteiger partial charge in [0.2, 0.25) is 11.8 Å². The molecule has 0 bridgehead atoms. The lowest BCUT2D eigenvalue weighted by molar-refractivity contribution is -0.136. The molecule has 1 aliphatic carbocycles. The first kappa shape index (κ1) is 40.8. The topological polar surface area (TPSA) is 181 Å². The molecular weight excluding hydrogens is 798 g/mol. The van der Waals surface area contributed by atoms with E-state index in [4.69, 9.17) is 21.6 Å². The van der Waals surface area contributed by atoms with E-state index in [1.54, 1.807) is 36.4 Å². The molecule has 0 radical (unpaired) electrons. The Kier molecular flexibility index (Phi) is 10.9. The maximum atomic E-state index is 13.4. The highest BCUT2D eigenvalue weighted by molar-refractivity contribution is 6.31. The Morgan fingerprint density at radius 3 is 2.28 bits per heavy atom. The van der Waals surface area contributed by atoms with Crippen LogP contribution in [-0.4, -0.2) is 114 Å². The highest BCUT2D eigenvalue weighted by atomic mass is 35.5. The van der Waals surface area contributed by atoms with E-state index in [0.717, 1.165) is 114 Å². The van der Waals surface area contributed by atoms with Gasteiger partial charge in [0.05, 0.1) is 27.8 Å². The first-order valence-electron chi connectivity index (χ1n) is 21.5. The van der Waals surface area contributed by atoms with Gasteiger partial charge in [-0.25, -0.2) is 0 Å². The highest BCUT2D eigenvalue weighted by Crippen LogP contribution is 2.44. The van der Waals surface area contributed by atoms with Crippen LogP contribution in [-0.2, 0) is 9.59 Å². The van der Waals surface area contributed by atoms with Crippen LogP contribution in [0.1, 0.15) is 108 Å². The number of anilines is 2. The summed E-state index contributed by atoms with van der Waals surface area (Å²) >= 11 is 6.16. The van der Waals surface area contributed by atoms with Crippen LogP contribution in [0.5, 0.6) is 5.75 Å². The molecule has 5 amide bonds. The van der Waals surface area contributed by atoms with Crippen LogP contribution in [0.2, 0.25) is 5.02 Å². The third-order valence-corrected chi connectivity index (χ3v) is 14.2. The van der Waals surface area contributed by atoms with Crippen LogP contribution in [0.25, 0.3) is 0 Å². The molecule has 2 aromatic carbocycles. The maximum absolute atomic E-state index is 13.4. The van der Waals surface area contributed by atoms with Gasteiger partial charge in [-0.1, -0.05) is 18.5 Å². The van der Waals surface area contributed by atoms with Gasteiger partial charge in [-0.05, 0) is 111 Å². The van der Waals surface area contributed by atoms with Gasteiger partial charge in [0.1, 0.15) is 17.9 Å². The second kappa shape index (κ2) is 16.4. The molecule has 16 heteroatoms. The fraction of sp³-hybridized carbons (Fsp3) is 0.511. The number of rotatable bonds is 9. The molecule has 1 saturated carbocycles. The van der Waals surface area contributed by atoms with Crippen molar-refractivity contribution in [3.05, 3.63) is 75.9 Å². The number of amides is 5. The van der Waals surface area contributed by atoms with E-state index in [1.165, 1.54) is 0 Å². The summed E-state index contributed by atoms with van der Waals surface area (Å²) in [6, 6.07) is 15.3.